The number of hydrogen-bond donors (Lipinski definition) is 1. The average molecular weight is 180 g/mol. The minimum Gasteiger partial charge on any atom is -0.399 e. The smallest absolute Gasteiger partial charge is 0.159 e. The van der Waals surface area contributed by atoms with Crippen molar-refractivity contribution < 1.29 is 0 Å². The maximum absolute atomic E-state index is 5.79. The van der Waals surface area contributed by atoms with E-state index in [0.29, 0.717) is 10.8 Å². The Morgan fingerprint density at radius 2 is 2.17 bits per heavy atom. The van der Waals surface area contributed by atoms with E-state index in [1.165, 1.54) is 0 Å². The predicted molar refractivity (Wildman–Crippen MR) is 49.0 cm³/mol. The molecule has 4 heteroatoms. The van der Waals surface area contributed by atoms with Crippen molar-refractivity contribution in [3.05, 3.63) is 29.5 Å². The molecule has 0 saturated heterocycles. The van der Waals surface area contributed by atoms with Gasteiger partial charge in [0.2, 0.25) is 0 Å². The van der Waals surface area contributed by atoms with E-state index in [4.69, 9.17) is 17.3 Å². The molecule has 2 rings (SSSR count). The molecular weight excluding hydrogens is 174 g/mol. The van der Waals surface area contributed by atoms with Crippen molar-refractivity contribution in [1.82, 2.24) is 10.2 Å². The number of anilines is 1. The summed E-state index contributed by atoms with van der Waals surface area (Å²) in [5, 5.41) is 9.63. The Morgan fingerprint density at radius 1 is 1.33 bits per heavy atom. The number of fused-ring (bicyclic) bond motifs is 1. The van der Waals surface area contributed by atoms with Crippen LogP contribution in [-0.4, -0.2) is 10.2 Å². The normalized spacial score (nSPS) is 10.4. The average Bonchev–Trinajstić information content (AvgIpc) is 2.04. The third-order valence-corrected chi connectivity index (χ3v) is 1.92. The van der Waals surface area contributed by atoms with Crippen molar-refractivity contribution in [3.63, 3.8) is 0 Å². The standard InChI is InChI=1S/C8H6ClN3/c9-8-7-2-1-6(10)3-5(7)4-11-12-8/h1-4H,10H2. The van der Waals surface area contributed by atoms with E-state index < -0.39 is 0 Å². The molecule has 12 heavy (non-hydrogen) atoms. The summed E-state index contributed by atoms with van der Waals surface area (Å²) >= 11 is 5.79. The zero-order valence-electron chi connectivity index (χ0n) is 6.16. The summed E-state index contributed by atoms with van der Waals surface area (Å²) in [4.78, 5) is 0. The van der Waals surface area contributed by atoms with Gasteiger partial charge in [0, 0.05) is 16.5 Å². The largest absolute Gasteiger partial charge is 0.399 e. The number of nitrogens with zero attached hydrogens (tertiary/aromatic N) is 2. The summed E-state index contributed by atoms with van der Waals surface area (Å²) in [7, 11) is 0. The van der Waals surface area contributed by atoms with Crippen LogP contribution < -0.4 is 5.73 Å². The second-order valence-corrected chi connectivity index (χ2v) is 2.84. The van der Waals surface area contributed by atoms with Gasteiger partial charge in [-0.15, -0.1) is 5.10 Å². The second kappa shape index (κ2) is 2.60. The lowest BCUT2D eigenvalue weighted by atomic mass is 10.2. The molecule has 1 aromatic heterocycles. The van der Waals surface area contributed by atoms with E-state index in [9.17, 15) is 0 Å². The molecule has 2 N–H and O–H groups in total. The highest BCUT2D eigenvalue weighted by molar-refractivity contribution is 6.34. The van der Waals surface area contributed by atoms with Gasteiger partial charge in [-0.05, 0) is 18.2 Å². The van der Waals surface area contributed by atoms with Crippen LogP contribution in [0.3, 0.4) is 0 Å². The second-order valence-electron chi connectivity index (χ2n) is 2.48. The first-order valence-corrected chi connectivity index (χ1v) is 3.81. The van der Waals surface area contributed by atoms with Gasteiger partial charge in [0.25, 0.3) is 0 Å². The summed E-state index contributed by atoms with van der Waals surface area (Å²) in [5.41, 5.74) is 6.28. The van der Waals surface area contributed by atoms with Gasteiger partial charge in [-0.2, -0.15) is 5.10 Å². The zero-order chi connectivity index (χ0) is 8.55. The van der Waals surface area contributed by atoms with Crippen LogP contribution in [0.2, 0.25) is 5.15 Å². The van der Waals surface area contributed by atoms with Gasteiger partial charge in [0.05, 0.1) is 6.20 Å². The molecule has 0 unspecified atom stereocenters. The Kier molecular flexibility index (Phi) is 1.59. The van der Waals surface area contributed by atoms with Gasteiger partial charge < -0.3 is 5.73 Å². The molecule has 0 radical (unpaired) electrons. The molecule has 0 saturated carbocycles. The Labute approximate surface area is 74.2 Å². The van der Waals surface area contributed by atoms with Crippen LogP contribution in [0.15, 0.2) is 24.4 Å². The highest BCUT2D eigenvalue weighted by atomic mass is 35.5. The highest BCUT2D eigenvalue weighted by Gasteiger charge is 1.99. The topological polar surface area (TPSA) is 51.8 Å². The lowest BCUT2D eigenvalue weighted by Gasteiger charge is -1.98. The van der Waals surface area contributed by atoms with E-state index in [2.05, 4.69) is 10.2 Å². The van der Waals surface area contributed by atoms with Gasteiger partial charge in [0.15, 0.2) is 5.15 Å². The van der Waals surface area contributed by atoms with Crippen molar-refractivity contribution in [3.8, 4) is 0 Å². The SMILES string of the molecule is Nc1ccc2c(Cl)nncc2c1. The van der Waals surface area contributed by atoms with Crippen molar-refractivity contribution in [1.29, 1.82) is 0 Å². The fourth-order valence-corrected chi connectivity index (χ4v) is 1.29. The van der Waals surface area contributed by atoms with Crippen molar-refractivity contribution in [2.75, 3.05) is 5.73 Å². The van der Waals surface area contributed by atoms with Crippen LogP contribution in [0.25, 0.3) is 10.8 Å². The minimum absolute atomic E-state index is 0.410. The summed E-state index contributed by atoms with van der Waals surface area (Å²) in [5.74, 6) is 0. The molecule has 0 atom stereocenters. The molecule has 0 aliphatic heterocycles. The zero-order valence-corrected chi connectivity index (χ0v) is 6.92. The molecule has 1 aromatic carbocycles. The number of nitrogens with two attached hydrogens (primary N) is 1. The Balaban J connectivity index is 2.86. The quantitative estimate of drug-likeness (QED) is 0.628. The third-order valence-electron chi connectivity index (χ3n) is 1.64. The fraction of sp³-hybridized carbons (Fsp3) is 0. The number of halogens is 1. The fourth-order valence-electron chi connectivity index (χ4n) is 1.07. The lowest BCUT2D eigenvalue weighted by molar-refractivity contribution is 1.05. The van der Waals surface area contributed by atoms with Gasteiger partial charge >= 0.3 is 0 Å². The summed E-state index contributed by atoms with van der Waals surface area (Å²) in [6, 6.07) is 5.44. The van der Waals surface area contributed by atoms with E-state index in [-0.39, 0.29) is 0 Å². The van der Waals surface area contributed by atoms with Gasteiger partial charge in [-0.25, -0.2) is 0 Å². The molecule has 0 spiro atoms. The number of nitrogen functional groups attached to an aromatic ring is 1. The summed E-state index contributed by atoms with van der Waals surface area (Å²) < 4.78 is 0. The van der Waals surface area contributed by atoms with E-state index in [1.807, 2.05) is 12.1 Å². The van der Waals surface area contributed by atoms with Crippen molar-refractivity contribution >= 4 is 28.1 Å². The monoisotopic (exact) mass is 179 g/mol. The highest BCUT2D eigenvalue weighted by Crippen LogP contribution is 2.21. The van der Waals surface area contributed by atoms with Crippen LogP contribution in [0.1, 0.15) is 0 Å². The summed E-state index contributed by atoms with van der Waals surface area (Å²) in [6.07, 6.45) is 1.64. The van der Waals surface area contributed by atoms with Gasteiger partial charge in [-0.1, -0.05) is 11.6 Å². The number of rotatable bonds is 0. The Hall–Kier alpha value is -1.35. The van der Waals surface area contributed by atoms with Crippen LogP contribution in [0, 0.1) is 0 Å². The van der Waals surface area contributed by atoms with Gasteiger partial charge in [0.1, 0.15) is 0 Å². The molecule has 60 valence electrons. The Bertz CT molecular complexity index is 428. The first-order chi connectivity index (χ1) is 5.77. The van der Waals surface area contributed by atoms with Crippen LogP contribution >= 0.6 is 11.6 Å². The molecular formula is C8H6ClN3. The molecule has 0 aliphatic carbocycles. The first kappa shape index (κ1) is 7.31. The number of benzene rings is 1. The number of aromatic nitrogens is 2. The third kappa shape index (κ3) is 1.08. The first-order valence-electron chi connectivity index (χ1n) is 3.44. The van der Waals surface area contributed by atoms with E-state index >= 15 is 0 Å². The predicted octanol–water partition coefficient (Wildman–Crippen LogP) is 1.87. The molecule has 1 heterocycles. The van der Waals surface area contributed by atoms with E-state index in [1.54, 1.807) is 12.3 Å². The lowest BCUT2D eigenvalue weighted by Crippen LogP contribution is -1.87. The molecule has 3 nitrogen and oxygen atoms in total. The molecule has 0 fully saturated rings. The molecule has 0 bridgehead atoms. The molecule has 0 aliphatic rings. The summed E-state index contributed by atoms with van der Waals surface area (Å²) in [6.45, 7) is 0. The Morgan fingerprint density at radius 3 is 3.00 bits per heavy atom. The van der Waals surface area contributed by atoms with Crippen LogP contribution in [0.4, 0.5) is 5.69 Å². The van der Waals surface area contributed by atoms with Crippen molar-refractivity contribution in [2.24, 2.45) is 0 Å². The van der Waals surface area contributed by atoms with E-state index in [0.717, 1.165) is 10.8 Å². The number of hydrogen-bond acceptors (Lipinski definition) is 3. The molecule has 0 amide bonds. The van der Waals surface area contributed by atoms with Crippen LogP contribution in [-0.2, 0) is 0 Å². The van der Waals surface area contributed by atoms with Gasteiger partial charge in [-0.3, -0.25) is 0 Å². The van der Waals surface area contributed by atoms with Crippen molar-refractivity contribution in [2.45, 2.75) is 0 Å². The van der Waals surface area contributed by atoms with Crippen LogP contribution in [0.5, 0.6) is 0 Å². The molecule has 2 aromatic rings. The maximum Gasteiger partial charge on any atom is 0.159 e. The maximum atomic E-state index is 5.79. The minimum atomic E-state index is 0.410.